The first-order valence-electron chi connectivity index (χ1n) is 21.3. The van der Waals surface area contributed by atoms with Crippen molar-refractivity contribution in [2.45, 2.75) is 11.3 Å². The summed E-state index contributed by atoms with van der Waals surface area (Å²) in [6, 6.07) is 66.8. The third-order valence-electron chi connectivity index (χ3n) is 12.5. The zero-order chi connectivity index (χ0) is 41.4. The van der Waals surface area contributed by atoms with Gasteiger partial charge >= 0.3 is 0 Å². The highest BCUT2D eigenvalue weighted by molar-refractivity contribution is 8.19. The lowest BCUT2D eigenvalue weighted by Gasteiger charge is -2.14. The SMILES string of the molecule is C1=CC2=S(C=C1)c1cc(-c3ccc(-c4cc(-c5cc(-c6ccc7sc8ccccc8c7c6)cc(-c6ccc7sc8ccccc8c7c6)c5)nc(-c5ccccc5)n4)cc3)ccc1C2. The Morgan fingerprint density at radius 1 is 0.381 bits per heavy atom. The van der Waals surface area contributed by atoms with Crippen molar-refractivity contribution in [1.29, 1.82) is 0 Å². The van der Waals surface area contributed by atoms with Crippen LogP contribution in [0.15, 0.2) is 211 Å². The molecular formula is C58H36N2S3. The number of rotatable bonds is 6. The molecule has 0 spiro atoms. The van der Waals surface area contributed by atoms with Crippen molar-refractivity contribution in [3.8, 4) is 67.3 Å². The summed E-state index contributed by atoms with van der Waals surface area (Å²) < 4.78 is 5.22. The molecule has 0 fully saturated rings. The Kier molecular flexibility index (Phi) is 8.61. The van der Waals surface area contributed by atoms with Gasteiger partial charge in [-0.1, -0.05) is 133 Å². The van der Waals surface area contributed by atoms with Gasteiger partial charge in [-0.15, -0.1) is 33.2 Å². The smallest absolute Gasteiger partial charge is 0.160 e. The normalized spacial score (nSPS) is 14.3. The van der Waals surface area contributed by atoms with Crippen LogP contribution in [0.4, 0.5) is 0 Å². The Morgan fingerprint density at radius 3 is 1.60 bits per heavy atom. The van der Waals surface area contributed by atoms with Crippen LogP contribution < -0.4 is 0 Å². The molecule has 1 unspecified atom stereocenters. The van der Waals surface area contributed by atoms with Crippen molar-refractivity contribution in [1.82, 2.24) is 9.97 Å². The fourth-order valence-electron chi connectivity index (χ4n) is 9.28. The lowest BCUT2D eigenvalue weighted by atomic mass is 9.93. The highest BCUT2D eigenvalue weighted by Crippen LogP contribution is 2.44. The Hall–Kier alpha value is -7.02. The lowest BCUT2D eigenvalue weighted by molar-refractivity contribution is 1.18. The summed E-state index contributed by atoms with van der Waals surface area (Å²) in [5, 5.41) is 7.53. The quantitative estimate of drug-likeness (QED) is 0.156. The second kappa shape index (κ2) is 14.8. The van der Waals surface area contributed by atoms with Crippen LogP contribution >= 0.6 is 33.2 Å². The molecule has 0 bridgehead atoms. The summed E-state index contributed by atoms with van der Waals surface area (Å²) in [6.45, 7) is 0. The van der Waals surface area contributed by atoms with E-state index in [0.717, 1.165) is 45.6 Å². The predicted molar refractivity (Wildman–Crippen MR) is 273 cm³/mol. The third-order valence-corrected chi connectivity index (χ3v) is 16.9. The molecule has 63 heavy (non-hydrogen) atoms. The topological polar surface area (TPSA) is 25.8 Å². The molecule has 3 aromatic heterocycles. The van der Waals surface area contributed by atoms with Crippen LogP contribution in [0.3, 0.4) is 0 Å². The number of aromatic nitrogens is 2. The van der Waals surface area contributed by atoms with Crippen LogP contribution in [0, 0.1) is 0 Å². The van der Waals surface area contributed by atoms with Gasteiger partial charge in [0.2, 0.25) is 0 Å². The van der Waals surface area contributed by atoms with E-state index in [1.807, 2.05) is 28.7 Å². The number of hydrogen-bond acceptors (Lipinski definition) is 4. The van der Waals surface area contributed by atoms with E-state index < -0.39 is 0 Å². The molecule has 2 aliphatic heterocycles. The Balaban J connectivity index is 0.964. The maximum atomic E-state index is 5.35. The van der Waals surface area contributed by atoms with E-state index in [1.165, 1.54) is 77.9 Å². The maximum Gasteiger partial charge on any atom is 0.160 e. The van der Waals surface area contributed by atoms with E-state index in [0.29, 0.717) is 5.82 Å². The number of allylic oxidation sites excluding steroid dienone is 3. The van der Waals surface area contributed by atoms with Gasteiger partial charge in [0.05, 0.1) is 11.4 Å². The number of fused-ring (bicyclic) bond motifs is 8. The summed E-state index contributed by atoms with van der Waals surface area (Å²) in [5.74, 6) is 0.706. The van der Waals surface area contributed by atoms with E-state index in [4.69, 9.17) is 9.97 Å². The summed E-state index contributed by atoms with van der Waals surface area (Å²) in [4.78, 5) is 13.6. The van der Waals surface area contributed by atoms with Crippen LogP contribution in [0.5, 0.6) is 0 Å². The standard InChI is InChI=1S/C58H36N2S3/c1-2-10-38(11-3-1)58-59-51(37-19-17-36(18-20-37)41-21-22-42-31-46-12-8-9-27-63(46)57(42)34-41)35-52(60-58)45-29-43(39-23-25-55-49(32-39)47-13-4-6-15-53(47)61-55)28-44(30-45)40-24-26-56-50(33-40)48-14-5-7-16-54(48)62-56/h1-30,32-35H,31H2. The molecule has 296 valence electrons. The minimum absolute atomic E-state index is 0.0640. The minimum Gasteiger partial charge on any atom is -0.228 e. The second-order valence-corrected chi connectivity index (χ2v) is 20.4. The first-order valence-corrected chi connectivity index (χ1v) is 24.2. The zero-order valence-electron chi connectivity index (χ0n) is 34.0. The molecular weight excluding hydrogens is 821 g/mol. The van der Waals surface area contributed by atoms with E-state index in [1.54, 1.807) is 0 Å². The Labute approximate surface area is 375 Å². The molecule has 0 radical (unpaired) electrons. The molecule has 0 saturated heterocycles. The van der Waals surface area contributed by atoms with Crippen molar-refractivity contribution >= 4 is 78.4 Å². The largest absolute Gasteiger partial charge is 0.228 e. The molecule has 1 atom stereocenters. The molecule has 0 aliphatic carbocycles. The van der Waals surface area contributed by atoms with Gasteiger partial charge in [0.1, 0.15) is 0 Å². The number of benzene rings is 8. The van der Waals surface area contributed by atoms with Gasteiger partial charge in [0, 0.05) is 68.4 Å². The zero-order valence-corrected chi connectivity index (χ0v) is 36.4. The van der Waals surface area contributed by atoms with Crippen LogP contribution in [-0.4, -0.2) is 14.8 Å². The molecule has 11 aromatic rings. The van der Waals surface area contributed by atoms with Crippen LogP contribution in [0.25, 0.3) is 108 Å². The van der Waals surface area contributed by atoms with E-state index >= 15 is 0 Å². The molecule has 2 nitrogen and oxygen atoms in total. The first kappa shape index (κ1) is 36.6. The van der Waals surface area contributed by atoms with Crippen LogP contribution in [-0.2, 0) is 6.42 Å². The van der Waals surface area contributed by atoms with Crippen molar-refractivity contribution in [3.63, 3.8) is 0 Å². The molecule has 0 saturated carbocycles. The predicted octanol–water partition coefficient (Wildman–Crippen LogP) is 16.7. The Morgan fingerprint density at radius 2 is 0.921 bits per heavy atom. The molecule has 2 aliphatic rings. The first-order chi connectivity index (χ1) is 31.1. The second-order valence-electron chi connectivity index (χ2n) is 16.3. The van der Waals surface area contributed by atoms with Gasteiger partial charge in [-0.2, -0.15) is 0 Å². The van der Waals surface area contributed by atoms with Gasteiger partial charge in [-0.3, -0.25) is 0 Å². The molecule has 0 N–H and O–H groups in total. The van der Waals surface area contributed by atoms with Crippen molar-refractivity contribution in [2.24, 2.45) is 0 Å². The van der Waals surface area contributed by atoms with Crippen molar-refractivity contribution in [2.75, 3.05) is 0 Å². The highest BCUT2D eigenvalue weighted by atomic mass is 32.2. The highest BCUT2D eigenvalue weighted by Gasteiger charge is 2.20. The third kappa shape index (κ3) is 6.43. The van der Waals surface area contributed by atoms with Gasteiger partial charge in [-0.25, -0.2) is 9.97 Å². The van der Waals surface area contributed by atoms with Crippen LogP contribution in [0.2, 0.25) is 0 Å². The fraction of sp³-hybridized carbons (Fsp3) is 0.0172. The minimum atomic E-state index is 0.0640. The number of hydrogen-bond donors (Lipinski definition) is 0. The van der Waals surface area contributed by atoms with Gasteiger partial charge in [-0.05, 0) is 116 Å². The van der Waals surface area contributed by atoms with E-state index in [-0.39, 0.29) is 10.5 Å². The molecule has 13 rings (SSSR count). The molecule has 5 heterocycles. The van der Waals surface area contributed by atoms with Crippen molar-refractivity contribution in [3.05, 3.63) is 211 Å². The van der Waals surface area contributed by atoms with E-state index in [2.05, 4.69) is 200 Å². The molecule has 0 amide bonds. The lowest BCUT2D eigenvalue weighted by Crippen LogP contribution is -1.96. The summed E-state index contributed by atoms with van der Waals surface area (Å²) in [7, 11) is 0.0640. The fourth-order valence-corrected chi connectivity index (χ4v) is 13.5. The van der Waals surface area contributed by atoms with E-state index in [9.17, 15) is 0 Å². The summed E-state index contributed by atoms with van der Waals surface area (Å²) in [6.07, 6.45) is 7.70. The van der Waals surface area contributed by atoms with Crippen molar-refractivity contribution < 1.29 is 0 Å². The molecule has 8 aromatic carbocycles. The van der Waals surface area contributed by atoms with Crippen LogP contribution in [0.1, 0.15) is 5.56 Å². The summed E-state index contributed by atoms with van der Waals surface area (Å²) >= 11 is 3.71. The summed E-state index contributed by atoms with van der Waals surface area (Å²) in [5.41, 5.74) is 13.4. The van der Waals surface area contributed by atoms with Gasteiger partial charge < -0.3 is 0 Å². The maximum absolute atomic E-state index is 5.35. The van der Waals surface area contributed by atoms with Gasteiger partial charge in [0.25, 0.3) is 0 Å². The Bertz CT molecular complexity index is 3620. The average molecular weight is 857 g/mol. The molecule has 5 heteroatoms. The monoisotopic (exact) mass is 856 g/mol. The average Bonchev–Trinajstić information content (AvgIpc) is 4.04. The number of thiophene rings is 2. The number of nitrogens with zero attached hydrogens (tertiary/aromatic N) is 2. The van der Waals surface area contributed by atoms with Gasteiger partial charge in [0.15, 0.2) is 5.82 Å².